The van der Waals surface area contributed by atoms with Crippen molar-refractivity contribution in [2.45, 2.75) is 20.4 Å². The van der Waals surface area contributed by atoms with Gasteiger partial charge in [0.15, 0.2) is 0 Å². The van der Waals surface area contributed by atoms with E-state index in [4.69, 9.17) is 4.42 Å². The van der Waals surface area contributed by atoms with Crippen LogP contribution in [0.4, 0.5) is 15.8 Å². The number of rotatable bonds is 6. The third-order valence-electron chi connectivity index (χ3n) is 3.94. The fourth-order valence-electron chi connectivity index (χ4n) is 2.43. The summed E-state index contributed by atoms with van der Waals surface area (Å²) in [4.78, 5) is 11.7. The predicted molar refractivity (Wildman–Crippen MR) is 101 cm³/mol. The zero-order chi connectivity index (χ0) is 18.5. The number of furan rings is 1. The lowest BCUT2D eigenvalue weighted by atomic mass is 10.1. The van der Waals surface area contributed by atoms with E-state index in [0.29, 0.717) is 23.6 Å². The Morgan fingerprint density at radius 2 is 1.69 bits per heavy atom. The summed E-state index contributed by atoms with van der Waals surface area (Å²) in [5.41, 5.74) is 2.11. The van der Waals surface area contributed by atoms with Gasteiger partial charge in [0.05, 0.1) is 12.1 Å². The van der Waals surface area contributed by atoms with Crippen LogP contribution < -0.4 is 10.6 Å². The van der Waals surface area contributed by atoms with E-state index in [1.807, 2.05) is 44.2 Å². The van der Waals surface area contributed by atoms with Gasteiger partial charge in [-0.3, -0.25) is 4.79 Å². The van der Waals surface area contributed by atoms with Gasteiger partial charge < -0.3 is 15.1 Å². The van der Waals surface area contributed by atoms with E-state index >= 15 is 0 Å². The zero-order valence-corrected chi connectivity index (χ0v) is 14.8. The number of hydrogen-bond acceptors (Lipinski definition) is 3. The van der Waals surface area contributed by atoms with Gasteiger partial charge in [0.25, 0.3) is 0 Å². The van der Waals surface area contributed by atoms with E-state index in [2.05, 4.69) is 10.6 Å². The highest BCUT2D eigenvalue weighted by molar-refractivity contribution is 5.92. The van der Waals surface area contributed by atoms with Crippen molar-refractivity contribution in [3.8, 4) is 11.3 Å². The molecule has 5 heteroatoms. The number of anilines is 2. The maximum atomic E-state index is 13.8. The van der Waals surface area contributed by atoms with E-state index < -0.39 is 0 Å². The Labute approximate surface area is 152 Å². The van der Waals surface area contributed by atoms with Crippen molar-refractivity contribution in [1.82, 2.24) is 0 Å². The molecule has 26 heavy (non-hydrogen) atoms. The molecule has 0 aliphatic heterocycles. The summed E-state index contributed by atoms with van der Waals surface area (Å²) in [7, 11) is 0. The summed E-state index contributed by atoms with van der Waals surface area (Å²) in [6.07, 6.45) is 0. The second kappa shape index (κ2) is 7.87. The number of benzene rings is 2. The molecule has 0 spiro atoms. The highest BCUT2D eigenvalue weighted by atomic mass is 19.1. The van der Waals surface area contributed by atoms with Crippen LogP contribution >= 0.6 is 0 Å². The maximum Gasteiger partial charge on any atom is 0.226 e. The summed E-state index contributed by atoms with van der Waals surface area (Å²) < 4.78 is 19.5. The molecule has 134 valence electrons. The number of amides is 1. The van der Waals surface area contributed by atoms with Crippen LogP contribution in [0.25, 0.3) is 11.3 Å². The highest BCUT2D eigenvalue weighted by Gasteiger charge is 2.09. The molecule has 0 fully saturated rings. The molecule has 4 nitrogen and oxygen atoms in total. The molecule has 0 saturated carbocycles. The lowest BCUT2D eigenvalue weighted by Crippen LogP contribution is -2.17. The van der Waals surface area contributed by atoms with Gasteiger partial charge in [0.2, 0.25) is 5.91 Å². The van der Waals surface area contributed by atoms with E-state index in [0.717, 1.165) is 11.4 Å². The summed E-state index contributed by atoms with van der Waals surface area (Å²) in [5, 5.41) is 6.09. The molecule has 0 radical (unpaired) electrons. The maximum absolute atomic E-state index is 13.8. The molecule has 3 aromatic rings. The average Bonchev–Trinajstić information content (AvgIpc) is 3.10. The van der Waals surface area contributed by atoms with Gasteiger partial charge in [-0.25, -0.2) is 4.39 Å². The molecule has 0 aliphatic rings. The first-order chi connectivity index (χ1) is 12.5. The Morgan fingerprint density at radius 1 is 1.00 bits per heavy atom. The molecular weight excluding hydrogens is 331 g/mol. The fourth-order valence-corrected chi connectivity index (χ4v) is 2.43. The molecule has 0 saturated heterocycles. The van der Waals surface area contributed by atoms with Crippen LogP contribution in [0.5, 0.6) is 0 Å². The Morgan fingerprint density at radius 3 is 2.38 bits per heavy atom. The van der Waals surface area contributed by atoms with Gasteiger partial charge in [0.1, 0.15) is 17.3 Å². The van der Waals surface area contributed by atoms with Crippen molar-refractivity contribution < 1.29 is 13.6 Å². The third kappa shape index (κ3) is 4.30. The van der Waals surface area contributed by atoms with Crippen molar-refractivity contribution in [2.24, 2.45) is 5.92 Å². The van der Waals surface area contributed by atoms with Crippen molar-refractivity contribution in [2.75, 3.05) is 10.6 Å². The van der Waals surface area contributed by atoms with Gasteiger partial charge in [-0.1, -0.05) is 26.0 Å². The summed E-state index contributed by atoms with van der Waals surface area (Å²) in [5.74, 6) is 0.838. The van der Waals surface area contributed by atoms with Crippen LogP contribution in [0.2, 0.25) is 0 Å². The third-order valence-corrected chi connectivity index (χ3v) is 3.94. The zero-order valence-electron chi connectivity index (χ0n) is 14.8. The molecule has 0 aliphatic carbocycles. The number of halogens is 1. The molecule has 3 rings (SSSR count). The lowest BCUT2D eigenvalue weighted by Gasteiger charge is -2.09. The molecule has 0 atom stereocenters. The van der Waals surface area contributed by atoms with Crippen molar-refractivity contribution in [3.63, 3.8) is 0 Å². The second-order valence-electron chi connectivity index (χ2n) is 6.32. The largest absolute Gasteiger partial charge is 0.459 e. The second-order valence-corrected chi connectivity index (χ2v) is 6.32. The van der Waals surface area contributed by atoms with E-state index in [1.165, 1.54) is 6.07 Å². The van der Waals surface area contributed by atoms with Crippen LogP contribution in [-0.2, 0) is 11.3 Å². The van der Waals surface area contributed by atoms with Gasteiger partial charge >= 0.3 is 0 Å². The molecule has 2 N–H and O–H groups in total. The molecule has 1 amide bonds. The van der Waals surface area contributed by atoms with Crippen LogP contribution in [0, 0.1) is 11.7 Å². The number of nitrogens with one attached hydrogen (secondary N) is 2. The molecule has 0 bridgehead atoms. The number of carbonyl (C=O) groups is 1. The highest BCUT2D eigenvalue weighted by Crippen LogP contribution is 2.25. The SMILES string of the molecule is CC(C)C(=O)Nc1ccc(NCc2ccc(-c3ccccc3F)o2)cc1. The Hall–Kier alpha value is -3.08. The van der Waals surface area contributed by atoms with Crippen LogP contribution in [0.1, 0.15) is 19.6 Å². The summed E-state index contributed by atoms with van der Waals surface area (Å²) in [6, 6.07) is 17.6. The first kappa shape index (κ1) is 17.7. The molecule has 2 aromatic carbocycles. The number of hydrogen-bond donors (Lipinski definition) is 2. The lowest BCUT2D eigenvalue weighted by molar-refractivity contribution is -0.118. The Bertz CT molecular complexity index is 885. The predicted octanol–water partition coefficient (Wildman–Crippen LogP) is 5.29. The topological polar surface area (TPSA) is 54.3 Å². The minimum atomic E-state index is -0.305. The molecule has 1 heterocycles. The van der Waals surface area contributed by atoms with Gasteiger partial charge in [0, 0.05) is 17.3 Å². The van der Waals surface area contributed by atoms with Gasteiger partial charge in [-0.15, -0.1) is 0 Å². The van der Waals surface area contributed by atoms with Gasteiger partial charge in [-0.05, 0) is 48.5 Å². The first-order valence-corrected chi connectivity index (χ1v) is 8.51. The van der Waals surface area contributed by atoms with Crippen LogP contribution in [0.15, 0.2) is 65.1 Å². The van der Waals surface area contributed by atoms with Crippen molar-refractivity contribution >= 4 is 17.3 Å². The van der Waals surface area contributed by atoms with Crippen LogP contribution in [-0.4, -0.2) is 5.91 Å². The standard InChI is InChI=1S/C21H21FN2O2/c1-14(2)21(25)24-16-9-7-15(8-10-16)23-13-17-11-12-20(26-17)18-5-3-4-6-19(18)22/h3-12,14,23H,13H2,1-2H3,(H,24,25). The average molecular weight is 352 g/mol. The minimum absolute atomic E-state index is 0.0121. The Balaban J connectivity index is 1.60. The van der Waals surface area contributed by atoms with Crippen LogP contribution in [0.3, 0.4) is 0 Å². The normalized spacial score (nSPS) is 10.8. The smallest absolute Gasteiger partial charge is 0.226 e. The van der Waals surface area contributed by atoms with E-state index in [1.54, 1.807) is 24.3 Å². The minimum Gasteiger partial charge on any atom is -0.459 e. The van der Waals surface area contributed by atoms with E-state index in [9.17, 15) is 9.18 Å². The van der Waals surface area contributed by atoms with Crippen molar-refractivity contribution in [1.29, 1.82) is 0 Å². The Kier molecular flexibility index (Phi) is 5.37. The summed E-state index contributed by atoms with van der Waals surface area (Å²) >= 11 is 0. The quantitative estimate of drug-likeness (QED) is 0.633. The molecule has 0 unspecified atom stereocenters. The monoisotopic (exact) mass is 352 g/mol. The first-order valence-electron chi connectivity index (χ1n) is 8.51. The van der Waals surface area contributed by atoms with Crippen molar-refractivity contribution in [3.05, 3.63) is 72.2 Å². The van der Waals surface area contributed by atoms with Gasteiger partial charge in [-0.2, -0.15) is 0 Å². The summed E-state index contributed by atoms with van der Waals surface area (Å²) in [6.45, 7) is 4.18. The number of carbonyl (C=O) groups excluding carboxylic acids is 1. The molecular formula is C21H21FN2O2. The van der Waals surface area contributed by atoms with E-state index in [-0.39, 0.29) is 17.6 Å². The fraction of sp³-hybridized carbons (Fsp3) is 0.190. The molecule has 1 aromatic heterocycles.